The Kier molecular flexibility index (Phi) is 4.79. The van der Waals surface area contributed by atoms with E-state index in [1.807, 2.05) is 6.07 Å². The number of nitrogens with zero attached hydrogens (tertiary/aromatic N) is 3. The summed E-state index contributed by atoms with van der Waals surface area (Å²) in [7, 11) is 1.52. The molecule has 150 valence electrons. The van der Waals surface area contributed by atoms with Crippen molar-refractivity contribution >= 4 is 23.2 Å². The highest BCUT2D eigenvalue weighted by Crippen LogP contribution is 2.47. The second-order valence-corrected chi connectivity index (χ2v) is 7.66. The third-order valence-electron chi connectivity index (χ3n) is 5.60. The summed E-state index contributed by atoms with van der Waals surface area (Å²) in [4.78, 5) is 18.5. The van der Waals surface area contributed by atoms with Crippen LogP contribution in [-0.2, 0) is 10.3 Å². The fraction of sp³-hybridized carbons (Fsp3) is 0.286. The topological polar surface area (TPSA) is 94.5 Å². The lowest BCUT2D eigenvalue weighted by Gasteiger charge is -2.46. The molecule has 29 heavy (non-hydrogen) atoms. The van der Waals surface area contributed by atoms with Gasteiger partial charge < -0.3 is 11.1 Å². The summed E-state index contributed by atoms with van der Waals surface area (Å²) in [6, 6.07) is 9.98. The van der Waals surface area contributed by atoms with E-state index in [1.165, 1.54) is 48.3 Å². The van der Waals surface area contributed by atoms with Crippen LogP contribution in [-0.4, -0.2) is 23.8 Å². The first kappa shape index (κ1) is 20.3. The van der Waals surface area contributed by atoms with E-state index in [1.54, 1.807) is 20.8 Å². The van der Waals surface area contributed by atoms with Gasteiger partial charge in [0, 0.05) is 18.3 Å². The van der Waals surface area contributed by atoms with E-state index in [0.717, 1.165) is 0 Å². The summed E-state index contributed by atoms with van der Waals surface area (Å²) in [6.45, 7) is 5.00. The van der Waals surface area contributed by atoms with E-state index in [2.05, 4.69) is 10.3 Å². The van der Waals surface area contributed by atoms with Gasteiger partial charge in [-0.3, -0.25) is 9.69 Å². The number of anilines is 2. The lowest BCUT2D eigenvalue weighted by atomic mass is 9.67. The molecule has 0 fully saturated rings. The van der Waals surface area contributed by atoms with Crippen molar-refractivity contribution in [3.63, 3.8) is 0 Å². The fourth-order valence-corrected chi connectivity index (χ4v) is 3.39. The maximum Gasteiger partial charge on any atom is 0.237 e. The van der Waals surface area contributed by atoms with E-state index < -0.39 is 22.6 Å². The molecular formula is C21H21F2N5O. The summed E-state index contributed by atoms with van der Waals surface area (Å²) < 4.78 is 29.0. The van der Waals surface area contributed by atoms with Gasteiger partial charge in [-0.1, -0.05) is 0 Å². The number of halogens is 2. The SMILES string of the molecule is CN1C(=O)C(C)(C)[C@@](C)(c2cc(Nc3cc(C#N)ccc3F)ccc2F)N=C1N. The minimum absolute atomic E-state index is 0.0117. The Balaban J connectivity index is 2.11. The smallest absolute Gasteiger partial charge is 0.237 e. The number of hydrogen-bond donors (Lipinski definition) is 2. The van der Waals surface area contributed by atoms with Gasteiger partial charge in [-0.2, -0.15) is 5.26 Å². The number of carbonyl (C=O) groups is 1. The highest BCUT2D eigenvalue weighted by atomic mass is 19.1. The zero-order valence-corrected chi connectivity index (χ0v) is 16.5. The van der Waals surface area contributed by atoms with Crippen LogP contribution in [0, 0.1) is 28.4 Å². The number of nitrogens with one attached hydrogen (secondary N) is 1. The summed E-state index contributed by atoms with van der Waals surface area (Å²) in [5, 5.41) is 11.9. The molecule has 3 N–H and O–H groups in total. The maximum atomic E-state index is 14.9. The molecule has 1 heterocycles. The maximum absolute atomic E-state index is 14.9. The van der Waals surface area contributed by atoms with E-state index in [-0.39, 0.29) is 28.7 Å². The Morgan fingerprint density at radius 1 is 1.14 bits per heavy atom. The first-order valence-electron chi connectivity index (χ1n) is 8.91. The van der Waals surface area contributed by atoms with Gasteiger partial charge in [-0.25, -0.2) is 13.8 Å². The third kappa shape index (κ3) is 3.18. The fourth-order valence-electron chi connectivity index (χ4n) is 3.39. The lowest BCUT2D eigenvalue weighted by molar-refractivity contribution is -0.140. The summed E-state index contributed by atoms with van der Waals surface area (Å²) in [5.41, 5.74) is 4.42. The Hall–Kier alpha value is -3.47. The Bertz CT molecular complexity index is 1070. The van der Waals surface area contributed by atoms with Gasteiger partial charge in [0.15, 0.2) is 5.96 Å². The van der Waals surface area contributed by atoms with E-state index in [0.29, 0.717) is 5.69 Å². The van der Waals surface area contributed by atoms with Gasteiger partial charge in [0.05, 0.1) is 22.7 Å². The zero-order valence-electron chi connectivity index (χ0n) is 16.5. The minimum atomic E-state index is -1.28. The van der Waals surface area contributed by atoms with Crippen molar-refractivity contribution < 1.29 is 13.6 Å². The number of benzene rings is 2. The molecule has 2 aromatic carbocycles. The summed E-state index contributed by atoms with van der Waals surface area (Å²) >= 11 is 0. The number of guanidine groups is 1. The number of rotatable bonds is 3. The molecule has 6 nitrogen and oxygen atoms in total. The van der Waals surface area contributed by atoms with Gasteiger partial charge in [0.1, 0.15) is 17.2 Å². The molecule has 8 heteroatoms. The van der Waals surface area contributed by atoms with Gasteiger partial charge in [0.2, 0.25) is 5.91 Å². The first-order chi connectivity index (χ1) is 13.5. The van der Waals surface area contributed by atoms with E-state index in [4.69, 9.17) is 11.0 Å². The largest absolute Gasteiger partial charge is 0.369 e. The van der Waals surface area contributed by atoms with E-state index in [9.17, 15) is 13.6 Å². The van der Waals surface area contributed by atoms with Gasteiger partial charge in [-0.15, -0.1) is 0 Å². The predicted molar refractivity (Wildman–Crippen MR) is 106 cm³/mol. The number of amides is 1. The molecule has 1 amide bonds. The standard InChI is InChI=1S/C21H21F2N5O/c1-20(2)18(29)28(4)19(25)27-21(20,3)14-10-13(6-8-15(14)22)26-17-9-12(11-24)5-7-16(17)23/h5-10,26H,1-4H3,(H2,25,27)/t21-/m1/s1. The molecule has 1 aliphatic heterocycles. The molecule has 2 aromatic rings. The van der Waals surface area contributed by atoms with Crippen LogP contribution in [0.1, 0.15) is 31.9 Å². The van der Waals surface area contributed by atoms with Crippen molar-refractivity contribution in [2.24, 2.45) is 16.1 Å². The van der Waals surface area contributed by atoms with Crippen molar-refractivity contribution in [2.45, 2.75) is 26.3 Å². The van der Waals surface area contributed by atoms with Crippen LogP contribution in [0.3, 0.4) is 0 Å². The Morgan fingerprint density at radius 3 is 2.45 bits per heavy atom. The van der Waals surface area contributed by atoms with Crippen molar-refractivity contribution in [2.75, 3.05) is 12.4 Å². The molecular weight excluding hydrogens is 376 g/mol. The molecule has 0 saturated heterocycles. The number of carbonyl (C=O) groups excluding carboxylic acids is 1. The number of aliphatic imine (C=N–C) groups is 1. The number of nitriles is 1. The molecule has 3 rings (SSSR count). The first-order valence-corrected chi connectivity index (χ1v) is 8.91. The van der Waals surface area contributed by atoms with Gasteiger partial charge in [-0.05, 0) is 57.2 Å². The van der Waals surface area contributed by atoms with Crippen LogP contribution < -0.4 is 11.1 Å². The summed E-state index contributed by atoms with van der Waals surface area (Å²) in [5.74, 6) is -1.43. The molecule has 0 spiro atoms. The van der Waals surface area contributed by atoms with Crippen LogP contribution in [0.25, 0.3) is 0 Å². The highest BCUT2D eigenvalue weighted by Gasteiger charge is 2.53. The Labute approximate surface area is 167 Å². The molecule has 0 aromatic heterocycles. The average Bonchev–Trinajstić information content (AvgIpc) is 2.68. The third-order valence-corrected chi connectivity index (χ3v) is 5.60. The number of nitrogens with two attached hydrogens (primary N) is 1. The second kappa shape index (κ2) is 6.85. The minimum Gasteiger partial charge on any atom is -0.369 e. The molecule has 0 unspecified atom stereocenters. The normalized spacial score (nSPS) is 20.8. The Morgan fingerprint density at radius 2 is 1.79 bits per heavy atom. The predicted octanol–water partition coefficient (Wildman–Crippen LogP) is 3.61. The molecule has 0 radical (unpaired) electrons. The van der Waals surface area contributed by atoms with Crippen molar-refractivity contribution in [3.05, 3.63) is 59.2 Å². The summed E-state index contributed by atoms with van der Waals surface area (Å²) in [6.07, 6.45) is 0. The molecule has 0 bridgehead atoms. The monoisotopic (exact) mass is 397 g/mol. The molecule has 1 aliphatic rings. The van der Waals surface area contributed by atoms with Crippen LogP contribution in [0.5, 0.6) is 0 Å². The van der Waals surface area contributed by atoms with Crippen LogP contribution in [0.15, 0.2) is 41.4 Å². The zero-order chi connectivity index (χ0) is 21.6. The van der Waals surface area contributed by atoms with Gasteiger partial charge >= 0.3 is 0 Å². The highest BCUT2D eigenvalue weighted by molar-refractivity contribution is 6.01. The van der Waals surface area contributed by atoms with Crippen molar-refractivity contribution in [3.8, 4) is 6.07 Å². The lowest BCUT2D eigenvalue weighted by Crippen LogP contribution is -2.58. The molecule has 0 aliphatic carbocycles. The van der Waals surface area contributed by atoms with Crippen LogP contribution in [0.4, 0.5) is 20.2 Å². The van der Waals surface area contributed by atoms with Crippen LogP contribution >= 0.6 is 0 Å². The second-order valence-electron chi connectivity index (χ2n) is 7.66. The van der Waals surface area contributed by atoms with Crippen molar-refractivity contribution in [1.29, 1.82) is 5.26 Å². The van der Waals surface area contributed by atoms with Gasteiger partial charge in [0.25, 0.3) is 0 Å². The van der Waals surface area contributed by atoms with Crippen LogP contribution in [0.2, 0.25) is 0 Å². The molecule has 0 saturated carbocycles. The average molecular weight is 397 g/mol. The number of hydrogen-bond acceptors (Lipinski definition) is 5. The van der Waals surface area contributed by atoms with E-state index >= 15 is 0 Å². The quantitative estimate of drug-likeness (QED) is 0.827. The molecule has 1 atom stereocenters. The van der Waals surface area contributed by atoms with Crippen molar-refractivity contribution in [1.82, 2.24) is 4.90 Å².